The number of aryl methyl sites for hydroxylation is 2. The van der Waals surface area contributed by atoms with Crippen molar-refractivity contribution in [2.45, 2.75) is 20.5 Å². The SMILES string of the molecule is Cc1nc2ccc(C(=O)OCc3ccc(Cl)c(Cl)c3)cc2nc1C. The first-order chi connectivity index (χ1) is 11.4. The number of aromatic nitrogens is 2. The van der Waals surface area contributed by atoms with Gasteiger partial charge in [0.1, 0.15) is 6.61 Å². The van der Waals surface area contributed by atoms with Gasteiger partial charge in [0.05, 0.1) is 38.0 Å². The van der Waals surface area contributed by atoms with E-state index in [1.54, 1.807) is 36.4 Å². The Labute approximate surface area is 149 Å². The lowest BCUT2D eigenvalue weighted by molar-refractivity contribution is 0.0473. The number of esters is 1. The Morgan fingerprint density at radius 1 is 0.958 bits per heavy atom. The van der Waals surface area contributed by atoms with Gasteiger partial charge in [0.2, 0.25) is 0 Å². The maximum Gasteiger partial charge on any atom is 0.338 e. The number of nitrogens with zero attached hydrogens (tertiary/aromatic N) is 2. The Morgan fingerprint density at radius 2 is 1.67 bits per heavy atom. The highest BCUT2D eigenvalue weighted by atomic mass is 35.5. The molecular formula is C18H14Cl2N2O2. The van der Waals surface area contributed by atoms with Gasteiger partial charge < -0.3 is 4.74 Å². The van der Waals surface area contributed by atoms with Crippen LogP contribution in [0.3, 0.4) is 0 Å². The molecular weight excluding hydrogens is 347 g/mol. The van der Waals surface area contributed by atoms with Crippen molar-refractivity contribution in [3.8, 4) is 0 Å². The second-order valence-corrected chi connectivity index (χ2v) is 6.24. The van der Waals surface area contributed by atoms with Crippen LogP contribution in [0.1, 0.15) is 27.3 Å². The lowest BCUT2D eigenvalue weighted by atomic mass is 10.2. The molecule has 122 valence electrons. The van der Waals surface area contributed by atoms with Gasteiger partial charge in [0, 0.05) is 0 Å². The van der Waals surface area contributed by atoms with Crippen LogP contribution in [0.25, 0.3) is 11.0 Å². The second-order valence-electron chi connectivity index (χ2n) is 5.42. The molecule has 0 aliphatic heterocycles. The molecule has 1 aromatic heterocycles. The molecule has 0 fully saturated rings. The van der Waals surface area contributed by atoms with Crippen LogP contribution >= 0.6 is 23.2 Å². The number of hydrogen-bond acceptors (Lipinski definition) is 4. The number of carbonyl (C=O) groups excluding carboxylic acids is 1. The summed E-state index contributed by atoms with van der Waals surface area (Å²) in [5.41, 5.74) is 4.33. The van der Waals surface area contributed by atoms with E-state index < -0.39 is 5.97 Å². The average Bonchev–Trinajstić information content (AvgIpc) is 2.56. The van der Waals surface area contributed by atoms with Crippen molar-refractivity contribution in [2.24, 2.45) is 0 Å². The number of ether oxygens (including phenoxy) is 1. The summed E-state index contributed by atoms with van der Waals surface area (Å²) in [6, 6.07) is 10.2. The molecule has 3 aromatic rings. The van der Waals surface area contributed by atoms with Crippen LogP contribution in [0.4, 0.5) is 0 Å². The van der Waals surface area contributed by atoms with Crippen molar-refractivity contribution in [2.75, 3.05) is 0 Å². The van der Waals surface area contributed by atoms with Crippen molar-refractivity contribution < 1.29 is 9.53 Å². The molecule has 0 amide bonds. The molecule has 0 aliphatic rings. The van der Waals surface area contributed by atoms with Gasteiger partial charge in [-0.1, -0.05) is 29.3 Å². The molecule has 0 unspecified atom stereocenters. The second kappa shape index (κ2) is 6.75. The lowest BCUT2D eigenvalue weighted by Gasteiger charge is -2.07. The van der Waals surface area contributed by atoms with E-state index in [-0.39, 0.29) is 6.61 Å². The van der Waals surface area contributed by atoms with Crippen molar-refractivity contribution in [1.29, 1.82) is 0 Å². The molecule has 0 saturated heterocycles. The largest absolute Gasteiger partial charge is 0.457 e. The first-order valence-electron chi connectivity index (χ1n) is 7.30. The number of benzene rings is 2. The molecule has 0 spiro atoms. The molecule has 1 heterocycles. The third-order valence-corrected chi connectivity index (χ3v) is 4.40. The predicted octanol–water partition coefficient (Wildman–Crippen LogP) is 4.91. The summed E-state index contributed by atoms with van der Waals surface area (Å²) in [4.78, 5) is 21.1. The van der Waals surface area contributed by atoms with Crippen LogP contribution in [-0.2, 0) is 11.3 Å². The first kappa shape index (κ1) is 16.7. The van der Waals surface area contributed by atoms with Gasteiger partial charge in [-0.2, -0.15) is 0 Å². The van der Waals surface area contributed by atoms with Crippen molar-refractivity contribution in [1.82, 2.24) is 9.97 Å². The maximum absolute atomic E-state index is 12.2. The molecule has 0 bridgehead atoms. The molecule has 0 atom stereocenters. The fourth-order valence-corrected chi connectivity index (χ4v) is 2.54. The van der Waals surface area contributed by atoms with Crippen LogP contribution in [0.2, 0.25) is 10.0 Å². The van der Waals surface area contributed by atoms with Crippen LogP contribution in [0.5, 0.6) is 0 Å². The molecule has 6 heteroatoms. The molecule has 2 aromatic carbocycles. The zero-order chi connectivity index (χ0) is 17.3. The summed E-state index contributed by atoms with van der Waals surface area (Å²) in [6.07, 6.45) is 0. The molecule has 24 heavy (non-hydrogen) atoms. The molecule has 0 aliphatic carbocycles. The summed E-state index contributed by atoms with van der Waals surface area (Å²) >= 11 is 11.8. The first-order valence-corrected chi connectivity index (χ1v) is 8.05. The minimum Gasteiger partial charge on any atom is -0.457 e. The Morgan fingerprint density at radius 3 is 2.38 bits per heavy atom. The monoisotopic (exact) mass is 360 g/mol. The molecule has 0 radical (unpaired) electrons. The summed E-state index contributed by atoms with van der Waals surface area (Å²) in [5.74, 6) is -0.428. The highest BCUT2D eigenvalue weighted by Gasteiger charge is 2.11. The molecule has 0 N–H and O–H groups in total. The Balaban J connectivity index is 1.78. The number of carbonyl (C=O) groups is 1. The van der Waals surface area contributed by atoms with Gasteiger partial charge in [-0.15, -0.1) is 0 Å². The molecule has 3 rings (SSSR count). The lowest BCUT2D eigenvalue weighted by Crippen LogP contribution is -2.06. The smallest absolute Gasteiger partial charge is 0.338 e. The highest BCUT2D eigenvalue weighted by Crippen LogP contribution is 2.23. The van der Waals surface area contributed by atoms with Gasteiger partial charge in [-0.05, 0) is 49.7 Å². The number of rotatable bonds is 3. The normalized spacial score (nSPS) is 10.8. The number of fused-ring (bicyclic) bond motifs is 1. The van der Waals surface area contributed by atoms with E-state index in [1.807, 2.05) is 13.8 Å². The van der Waals surface area contributed by atoms with E-state index in [1.165, 1.54) is 0 Å². The molecule has 0 saturated carbocycles. The fraction of sp³-hybridized carbons (Fsp3) is 0.167. The quantitative estimate of drug-likeness (QED) is 0.622. The topological polar surface area (TPSA) is 52.1 Å². The standard InChI is InChI=1S/C18H14Cl2N2O2/c1-10-11(2)22-17-8-13(4-6-16(17)21-10)18(23)24-9-12-3-5-14(19)15(20)7-12/h3-8H,9H2,1-2H3. The van der Waals surface area contributed by atoms with Gasteiger partial charge >= 0.3 is 5.97 Å². The summed E-state index contributed by atoms with van der Waals surface area (Å²) in [6.45, 7) is 3.91. The van der Waals surface area contributed by atoms with Crippen LogP contribution in [-0.4, -0.2) is 15.9 Å². The third-order valence-electron chi connectivity index (χ3n) is 3.66. The van der Waals surface area contributed by atoms with E-state index in [9.17, 15) is 4.79 Å². The molecule has 4 nitrogen and oxygen atoms in total. The van der Waals surface area contributed by atoms with E-state index in [0.717, 1.165) is 22.5 Å². The number of hydrogen-bond donors (Lipinski definition) is 0. The van der Waals surface area contributed by atoms with Gasteiger partial charge in [0.15, 0.2) is 0 Å². The van der Waals surface area contributed by atoms with Crippen LogP contribution in [0, 0.1) is 13.8 Å². The zero-order valence-corrected chi connectivity index (χ0v) is 14.6. The number of halogens is 2. The Hall–Kier alpha value is -2.17. The van der Waals surface area contributed by atoms with E-state index >= 15 is 0 Å². The third kappa shape index (κ3) is 3.50. The van der Waals surface area contributed by atoms with E-state index in [4.69, 9.17) is 27.9 Å². The Kier molecular flexibility index (Phi) is 4.69. The predicted molar refractivity (Wildman–Crippen MR) is 94.6 cm³/mol. The summed E-state index contributed by atoms with van der Waals surface area (Å²) < 4.78 is 5.32. The van der Waals surface area contributed by atoms with Crippen molar-refractivity contribution in [3.05, 3.63) is 69.0 Å². The van der Waals surface area contributed by atoms with Gasteiger partial charge in [-0.25, -0.2) is 14.8 Å². The fourth-order valence-electron chi connectivity index (χ4n) is 2.22. The Bertz CT molecular complexity index is 942. The van der Waals surface area contributed by atoms with Crippen molar-refractivity contribution in [3.63, 3.8) is 0 Å². The zero-order valence-electron chi connectivity index (χ0n) is 13.1. The van der Waals surface area contributed by atoms with E-state index in [0.29, 0.717) is 21.1 Å². The van der Waals surface area contributed by atoms with Crippen LogP contribution in [0.15, 0.2) is 36.4 Å². The maximum atomic E-state index is 12.2. The van der Waals surface area contributed by atoms with Crippen LogP contribution < -0.4 is 0 Å². The average molecular weight is 361 g/mol. The van der Waals surface area contributed by atoms with Crippen molar-refractivity contribution >= 4 is 40.2 Å². The minimum absolute atomic E-state index is 0.117. The van der Waals surface area contributed by atoms with Gasteiger partial charge in [-0.3, -0.25) is 0 Å². The highest BCUT2D eigenvalue weighted by molar-refractivity contribution is 6.42. The van der Waals surface area contributed by atoms with E-state index in [2.05, 4.69) is 9.97 Å². The minimum atomic E-state index is -0.428. The summed E-state index contributed by atoms with van der Waals surface area (Å²) in [5, 5.41) is 0.891. The van der Waals surface area contributed by atoms with Gasteiger partial charge in [0.25, 0.3) is 0 Å². The summed E-state index contributed by atoms with van der Waals surface area (Å²) in [7, 11) is 0.